The van der Waals surface area contributed by atoms with Crippen molar-refractivity contribution in [1.82, 2.24) is 15.2 Å². The Balaban J connectivity index is 1.91. The molecule has 0 radical (unpaired) electrons. The van der Waals surface area contributed by atoms with E-state index in [1.807, 2.05) is 0 Å². The van der Waals surface area contributed by atoms with E-state index in [9.17, 15) is 13.5 Å². The minimum absolute atomic E-state index is 0.217. The second-order valence-electron chi connectivity index (χ2n) is 4.68. The molecule has 23 heavy (non-hydrogen) atoms. The zero-order valence-corrected chi connectivity index (χ0v) is 13.5. The van der Waals surface area contributed by atoms with Crippen molar-refractivity contribution < 1.29 is 13.5 Å². The van der Waals surface area contributed by atoms with Crippen LogP contribution in [0.2, 0.25) is 0 Å². The number of aliphatic hydroxyl groups is 1. The SMILES string of the molecule is O=S(=O)(c1ccccc1)c1cscc1C=CC(O)c1ncn[nH]1. The fourth-order valence-electron chi connectivity index (χ4n) is 2.01. The zero-order chi connectivity index (χ0) is 16.3. The molecular formula is C15H13N3O3S2. The standard InChI is InChI=1S/C15H13N3O3S2/c19-13(15-16-10-17-18-15)7-6-11-8-22-9-14(11)23(20,21)12-4-2-1-3-5-12/h1-10,13,19H,(H,16,17,18). The molecule has 1 atom stereocenters. The van der Waals surface area contributed by atoms with Gasteiger partial charge in [-0.3, -0.25) is 5.10 Å². The first-order valence-electron chi connectivity index (χ1n) is 6.67. The minimum Gasteiger partial charge on any atom is -0.381 e. The summed E-state index contributed by atoms with van der Waals surface area (Å²) in [6, 6.07) is 8.25. The lowest BCUT2D eigenvalue weighted by atomic mass is 10.2. The topological polar surface area (TPSA) is 95.9 Å². The summed E-state index contributed by atoms with van der Waals surface area (Å²) in [6.07, 6.45) is 3.35. The molecule has 0 aliphatic carbocycles. The third-order valence-corrected chi connectivity index (χ3v) is 5.91. The molecule has 0 bridgehead atoms. The molecule has 0 spiro atoms. The van der Waals surface area contributed by atoms with Crippen molar-refractivity contribution in [3.63, 3.8) is 0 Å². The van der Waals surface area contributed by atoms with E-state index in [0.29, 0.717) is 11.4 Å². The lowest BCUT2D eigenvalue weighted by molar-refractivity contribution is 0.219. The predicted molar refractivity (Wildman–Crippen MR) is 86.6 cm³/mol. The van der Waals surface area contributed by atoms with Crippen LogP contribution in [0.15, 0.2) is 63.3 Å². The van der Waals surface area contributed by atoms with E-state index >= 15 is 0 Å². The van der Waals surface area contributed by atoms with Crippen LogP contribution >= 0.6 is 11.3 Å². The first kappa shape index (κ1) is 15.6. The van der Waals surface area contributed by atoms with Crippen LogP contribution in [0.25, 0.3) is 6.08 Å². The van der Waals surface area contributed by atoms with Gasteiger partial charge in [-0.05, 0) is 23.6 Å². The molecular weight excluding hydrogens is 334 g/mol. The Morgan fingerprint density at radius 3 is 2.70 bits per heavy atom. The van der Waals surface area contributed by atoms with Crippen LogP contribution in [-0.2, 0) is 9.84 Å². The molecule has 2 N–H and O–H groups in total. The highest BCUT2D eigenvalue weighted by molar-refractivity contribution is 7.91. The van der Waals surface area contributed by atoms with Crippen molar-refractivity contribution in [3.8, 4) is 0 Å². The van der Waals surface area contributed by atoms with Gasteiger partial charge in [0.1, 0.15) is 12.4 Å². The van der Waals surface area contributed by atoms with Gasteiger partial charge in [-0.1, -0.05) is 24.3 Å². The molecule has 1 unspecified atom stereocenters. The maximum atomic E-state index is 12.7. The number of H-pyrrole nitrogens is 1. The molecule has 0 fully saturated rings. The quantitative estimate of drug-likeness (QED) is 0.739. The number of aliphatic hydroxyl groups excluding tert-OH is 1. The Labute approximate surface area is 137 Å². The molecule has 1 aromatic carbocycles. The molecule has 118 valence electrons. The van der Waals surface area contributed by atoms with Gasteiger partial charge < -0.3 is 5.11 Å². The van der Waals surface area contributed by atoms with Gasteiger partial charge in [0.05, 0.1) is 9.79 Å². The summed E-state index contributed by atoms with van der Waals surface area (Å²) in [4.78, 5) is 4.31. The number of nitrogens with one attached hydrogen (secondary N) is 1. The van der Waals surface area contributed by atoms with Gasteiger partial charge in [0.2, 0.25) is 9.84 Å². The molecule has 0 saturated carbocycles. The van der Waals surface area contributed by atoms with Crippen LogP contribution in [-0.4, -0.2) is 28.7 Å². The predicted octanol–water partition coefficient (Wildman–Crippen LogP) is 2.45. The second-order valence-corrected chi connectivity index (χ2v) is 7.34. The minimum atomic E-state index is -3.59. The van der Waals surface area contributed by atoms with E-state index in [1.54, 1.807) is 47.2 Å². The number of hydrogen-bond acceptors (Lipinski definition) is 6. The summed E-state index contributed by atoms with van der Waals surface area (Å²) < 4.78 is 25.3. The highest BCUT2D eigenvalue weighted by Gasteiger charge is 2.21. The molecule has 0 aliphatic rings. The number of thiophene rings is 1. The summed E-state index contributed by atoms with van der Waals surface area (Å²) >= 11 is 1.29. The molecule has 2 heterocycles. The number of aromatic nitrogens is 3. The lowest BCUT2D eigenvalue weighted by Gasteiger charge is -2.04. The lowest BCUT2D eigenvalue weighted by Crippen LogP contribution is -2.02. The van der Waals surface area contributed by atoms with E-state index in [0.717, 1.165) is 0 Å². The molecule has 0 saturated heterocycles. The first-order valence-corrected chi connectivity index (χ1v) is 9.09. The van der Waals surface area contributed by atoms with Gasteiger partial charge in [-0.2, -0.15) is 16.4 Å². The van der Waals surface area contributed by atoms with Crippen LogP contribution in [0.3, 0.4) is 0 Å². The van der Waals surface area contributed by atoms with Gasteiger partial charge in [0, 0.05) is 10.9 Å². The summed E-state index contributed by atoms with van der Waals surface area (Å²) in [5, 5.41) is 19.5. The molecule has 0 amide bonds. The summed E-state index contributed by atoms with van der Waals surface area (Å²) in [5.74, 6) is 0.295. The largest absolute Gasteiger partial charge is 0.381 e. The average molecular weight is 347 g/mol. The third-order valence-electron chi connectivity index (χ3n) is 3.17. The van der Waals surface area contributed by atoms with E-state index < -0.39 is 15.9 Å². The Hall–Kier alpha value is -2.29. The molecule has 3 rings (SSSR count). The molecule has 8 heteroatoms. The Bertz CT molecular complexity index is 901. The molecule has 3 aromatic rings. The number of rotatable bonds is 5. The van der Waals surface area contributed by atoms with Gasteiger partial charge >= 0.3 is 0 Å². The Morgan fingerprint density at radius 2 is 2.00 bits per heavy atom. The number of aromatic amines is 1. The monoisotopic (exact) mass is 347 g/mol. The normalized spacial score (nSPS) is 13.4. The Kier molecular flexibility index (Phi) is 4.37. The van der Waals surface area contributed by atoms with Crippen molar-refractivity contribution in [2.45, 2.75) is 15.9 Å². The highest BCUT2D eigenvalue weighted by atomic mass is 32.2. The maximum Gasteiger partial charge on any atom is 0.208 e. The van der Waals surface area contributed by atoms with E-state index in [2.05, 4.69) is 15.2 Å². The molecule has 2 aromatic heterocycles. The summed E-state index contributed by atoms with van der Waals surface area (Å²) in [6.45, 7) is 0. The van der Waals surface area contributed by atoms with Crippen LogP contribution < -0.4 is 0 Å². The van der Waals surface area contributed by atoms with Crippen molar-refractivity contribution in [3.05, 3.63) is 64.9 Å². The van der Waals surface area contributed by atoms with E-state index in [4.69, 9.17) is 0 Å². The van der Waals surface area contributed by atoms with Gasteiger partial charge in [0.15, 0.2) is 5.82 Å². The average Bonchev–Trinajstić information content (AvgIpc) is 3.25. The Morgan fingerprint density at radius 1 is 1.22 bits per heavy atom. The number of benzene rings is 1. The van der Waals surface area contributed by atoms with Crippen LogP contribution in [0.5, 0.6) is 0 Å². The van der Waals surface area contributed by atoms with Gasteiger partial charge in [-0.15, -0.1) is 0 Å². The van der Waals surface area contributed by atoms with Crippen molar-refractivity contribution in [2.75, 3.05) is 0 Å². The smallest absolute Gasteiger partial charge is 0.208 e. The fraction of sp³-hybridized carbons (Fsp3) is 0.0667. The number of nitrogens with zero attached hydrogens (tertiary/aromatic N) is 2. The van der Waals surface area contributed by atoms with Crippen molar-refractivity contribution >= 4 is 27.3 Å². The van der Waals surface area contributed by atoms with Crippen LogP contribution in [0.1, 0.15) is 17.5 Å². The van der Waals surface area contributed by atoms with Gasteiger partial charge in [0.25, 0.3) is 0 Å². The number of sulfone groups is 1. The summed E-state index contributed by atoms with van der Waals surface area (Å²) in [5.41, 5.74) is 0.525. The van der Waals surface area contributed by atoms with Crippen molar-refractivity contribution in [2.24, 2.45) is 0 Å². The summed E-state index contributed by atoms with van der Waals surface area (Å²) in [7, 11) is -3.59. The van der Waals surface area contributed by atoms with E-state index in [1.165, 1.54) is 23.7 Å². The molecule has 0 aliphatic heterocycles. The van der Waals surface area contributed by atoms with Crippen molar-refractivity contribution in [1.29, 1.82) is 0 Å². The highest BCUT2D eigenvalue weighted by Crippen LogP contribution is 2.28. The molecule has 6 nitrogen and oxygen atoms in total. The third kappa shape index (κ3) is 3.24. The maximum absolute atomic E-state index is 12.7. The fourth-order valence-corrected chi connectivity index (χ4v) is 4.64. The zero-order valence-electron chi connectivity index (χ0n) is 11.8. The number of hydrogen-bond donors (Lipinski definition) is 2. The van der Waals surface area contributed by atoms with Crippen LogP contribution in [0.4, 0.5) is 0 Å². The van der Waals surface area contributed by atoms with E-state index in [-0.39, 0.29) is 9.79 Å². The van der Waals surface area contributed by atoms with Crippen LogP contribution in [0, 0.1) is 0 Å². The van der Waals surface area contributed by atoms with Gasteiger partial charge in [-0.25, -0.2) is 13.4 Å². The second kappa shape index (κ2) is 6.45. The first-order chi connectivity index (χ1) is 11.1.